The zero-order valence-corrected chi connectivity index (χ0v) is 16.4. The Hall–Kier alpha value is -3.19. The third-order valence-corrected chi connectivity index (χ3v) is 5.50. The molecule has 8 heteroatoms. The number of amides is 1. The van der Waals surface area contributed by atoms with Crippen molar-refractivity contribution < 1.29 is 4.79 Å². The number of fused-ring (bicyclic) bond motifs is 1. The molecule has 4 heterocycles. The highest BCUT2D eigenvalue weighted by Crippen LogP contribution is 2.37. The number of halogens is 1. The van der Waals surface area contributed by atoms with Crippen LogP contribution < -0.4 is 15.1 Å². The molecule has 3 aromatic rings. The van der Waals surface area contributed by atoms with Crippen LogP contribution in [0, 0.1) is 0 Å². The molecular formula is C21H19ClN6O. The Morgan fingerprint density at radius 1 is 1.03 bits per heavy atom. The molecule has 0 saturated carbocycles. The first-order chi connectivity index (χ1) is 14.2. The molecule has 0 aliphatic carbocycles. The molecule has 2 aromatic heterocycles. The Bertz CT molecular complexity index is 1090. The molecule has 5 rings (SSSR count). The summed E-state index contributed by atoms with van der Waals surface area (Å²) < 4.78 is 0. The van der Waals surface area contributed by atoms with Gasteiger partial charge in [-0.15, -0.1) is 0 Å². The first-order valence-corrected chi connectivity index (χ1v) is 9.97. The fraction of sp³-hybridized carbons (Fsp3) is 0.238. The highest BCUT2D eigenvalue weighted by molar-refractivity contribution is 6.33. The molecule has 1 N–H and O–H groups in total. The predicted octanol–water partition coefficient (Wildman–Crippen LogP) is 4.09. The minimum Gasteiger partial charge on any atom is -0.324 e. The van der Waals surface area contributed by atoms with Crippen molar-refractivity contribution in [3.05, 3.63) is 59.5 Å². The molecule has 1 fully saturated rings. The molecule has 0 atom stereocenters. The largest absolute Gasteiger partial charge is 0.324 e. The molecule has 1 amide bonds. The third kappa shape index (κ3) is 3.38. The monoisotopic (exact) mass is 406 g/mol. The van der Waals surface area contributed by atoms with E-state index in [1.807, 2.05) is 18.2 Å². The minimum absolute atomic E-state index is 0.127. The van der Waals surface area contributed by atoms with Crippen LogP contribution in [-0.2, 0) is 11.2 Å². The van der Waals surface area contributed by atoms with Gasteiger partial charge >= 0.3 is 0 Å². The molecule has 29 heavy (non-hydrogen) atoms. The summed E-state index contributed by atoms with van der Waals surface area (Å²) in [5.74, 6) is 1.23. The number of anilines is 5. The van der Waals surface area contributed by atoms with E-state index in [0.717, 1.165) is 43.0 Å². The fourth-order valence-electron chi connectivity index (χ4n) is 3.86. The Balaban J connectivity index is 1.42. The second kappa shape index (κ2) is 7.33. The van der Waals surface area contributed by atoms with E-state index in [0.29, 0.717) is 23.2 Å². The molecule has 0 spiro atoms. The molecule has 1 saturated heterocycles. The molecule has 1 aromatic carbocycles. The molecule has 7 nitrogen and oxygen atoms in total. The summed E-state index contributed by atoms with van der Waals surface area (Å²) in [6.45, 7) is 1.55. The van der Waals surface area contributed by atoms with Crippen LogP contribution in [0.1, 0.15) is 18.4 Å². The van der Waals surface area contributed by atoms with Gasteiger partial charge in [-0.1, -0.05) is 29.8 Å². The van der Waals surface area contributed by atoms with Gasteiger partial charge in [-0.05, 0) is 30.5 Å². The van der Waals surface area contributed by atoms with Gasteiger partial charge in [0.25, 0.3) is 0 Å². The Morgan fingerprint density at radius 2 is 1.93 bits per heavy atom. The van der Waals surface area contributed by atoms with E-state index < -0.39 is 0 Å². The second-order valence-electron chi connectivity index (χ2n) is 7.10. The maximum atomic E-state index is 12.0. The lowest BCUT2D eigenvalue weighted by Gasteiger charge is -2.20. The van der Waals surface area contributed by atoms with Crippen LogP contribution in [0.5, 0.6) is 0 Å². The number of pyridine rings is 1. The quantitative estimate of drug-likeness (QED) is 0.703. The summed E-state index contributed by atoms with van der Waals surface area (Å²) in [5, 5.41) is 3.69. The number of rotatable bonds is 4. The van der Waals surface area contributed by atoms with Gasteiger partial charge < -0.3 is 15.1 Å². The normalized spacial score (nSPS) is 15.7. The Kier molecular flexibility index (Phi) is 4.52. The maximum absolute atomic E-state index is 12.0. The van der Waals surface area contributed by atoms with E-state index in [1.54, 1.807) is 23.5 Å². The number of carbonyl (C=O) groups excluding carboxylic acids is 1. The standard InChI is InChI=1S/C21H19ClN6O/c22-17-13-24-21(26-20(17)28-9-7-14-4-1-2-5-18(14)28)25-15-10-16(12-23-11-15)27-8-3-6-19(27)29/h1-2,4-5,10-13H,3,6-9H2,(H,24,25,26). The van der Waals surface area contributed by atoms with E-state index >= 15 is 0 Å². The van der Waals surface area contributed by atoms with Crippen molar-refractivity contribution >= 4 is 46.3 Å². The average Bonchev–Trinajstić information content (AvgIpc) is 3.36. The van der Waals surface area contributed by atoms with Gasteiger partial charge in [0.15, 0.2) is 5.82 Å². The third-order valence-electron chi connectivity index (χ3n) is 5.23. The first-order valence-electron chi connectivity index (χ1n) is 9.59. The molecular weight excluding hydrogens is 388 g/mol. The van der Waals surface area contributed by atoms with Gasteiger partial charge in [-0.2, -0.15) is 4.98 Å². The van der Waals surface area contributed by atoms with Crippen molar-refractivity contribution in [1.82, 2.24) is 15.0 Å². The molecule has 2 aliphatic rings. The first kappa shape index (κ1) is 17.9. The topological polar surface area (TPSA) is 74.2 Å². The summed E-state index contributed by atoms with van der Waals surface area (Å²) in [6, 6.07) is 10.2. The number of hydrogen-bond acceptors (Lipinski definition) is 6. The van der Waals surface area contributed by atoms with Crippen LogP contribution in [0.2, 0.25) is 5.02 Å². The smallest absolute Gasteiger partial charge is 0.229 e. The Morgan fingerprint density at radius 3 is 2.79 bits per heavy atom. The van der Waals surface area contributed by atoms with Gasteiger partial charge in [-0.25, -0.2) is 4.98 Å². The number of hydrogen-bond donors (Lipinski definition) is 1. The number of benzene rings is 1. The van der Waals surface area contributed by atoms with Crippen molar-refractivity contribution in [1.29, 1.82) is 0 Å². The minimum atomic E-state index is 0.127. The maximum Gasteiger partial charge on any atom is 0.229 e. The van der Waals surface area contributed by atoms with Crippen LogP contribution >= 0.6 is 11.6 Å². The lowest BCUT2D eigenvalue weighted by atomic mass is 10.2. The van der Waals surface area contributed by atoms with Crippen LogP contribution in [0.25, 0.3) is 0 Å². The average molecular weight is 407 g/mol. The predicted molar refractivity (Wildman–Crippen MR) is 113 cm³/mol. The van der Waals surface area contributed by atoms with Gasteiger partial charge in [0.1, 0.15) is 5.02 Å². The highest BCUT2D eigenvalue weighted by atomic mass is 35.5. The molecule has 146 valence electrons. The molecule has 0 bridgehead atoms. The molecule has 0 unspecified atom stereocenters. The lowest BCUT2D eigenvalue weighted by molar-refractivity contribution is -0.117. The van der Waals surface area contributed by atoms with Gasteiger partial charge in [0, 0.05) is 25.2 Å². The van der Waals surface area contributed by atoms with E-state index in [1.165, 1.54) is 5.56 Å². The van der Waals surface area contributed by atoms with Crippen LogP contribution in [0.3, 0.4) is 0 Å². The number of nitrogens with zero attached hydrogens (tertiary/aromatic N) is 5. The van der Waals surface area contributed by atoms with Crippen molar-refractivity contribution in [3.63, 3.8) is 0 Å². The van der Waals surface area contributed by atoms with Gasteiger partial charge in [-0.3, -0.25) is 9.78 Å². The zero-order valence-electron chi connectivity index (χ0n) is 15.7. The van der Waals surface area contributed by atoms with Gasteiger partial charge in [0.2, 0.25) is 11.9 Å². The van der Waals surface area contributed by atoms with E-state index in [2.05, 4.69) is 37.3 Å². The summed E-state index contributed by atoms with van der Waals surface area (Å²) >= 11 is 6.42. The van der Waals surface area contributed by atoms with Crippen LogP contribution in [0.15, 0.2) is 48.9 Å². The molecule has 0 radical (unpaired) electrons. The van der Waals surface area contributed by atoms with Crippen LogP contribution in [-0.4, -0.2) is 33.9 Å². The summed E-state index contributed by atoms with van der Waals surface area (Å²) in [6.07, 6.45) is 7.40. The Labute approximate surface area is 173 Å². The molecule has 2 aliphatic heterocycles. The van der Waals surface area contributed by atoms with Gasteiger partial charge in [0.05, 0.1) is 30.0 Å². The fourth-order valence-corrected chi connectivity index (χ4v) is 4.05. The van der Waals surface area contributed by atoms with E-state index in [-0.39, 0.29) is 5.91 Å². The second-order valence-corrected chi connectivity index (χ2v) is 7.51. The lowest BCUT2D eigenvalue weighted by Crippen LogP contribution is -2.23. The van der Waals surface area contributed by atoms with Crippen molar-refractivity contribution in [3.8, 4) is 0 Å². The zero-order chi connectivity index (χ0) is 19.8. The van der Waals surface area contributed by atoms with Crippen molar-refractivity contribution in [2.24, 2.45) is 0 Å². The SMILES string of the molecule is O=C1CCCN1c1cncc(Nc2ncc(Cl)c(N3CCc4ccccc43)n2)c1. The summed E-state index contributed by atoms with van der Waals surface area (Å²) in [5.41, 5.74) is 3.90. The summed E-state index contributed by atoms with van der Waals surface area (Å²) in [7, 11) is 0. The highest BCUT2D eigenvalue weighted by Gasteiger charge is 2.24. The van der Waals surface area contributed by atoms with E-state index in [4.69, 9.17) is 11.6 Å². The number of carbonyl (C=O) groups is 1. The van der Waals surface area contributed by atoms with Crippen molar-refractivity contribution in [2.45, 2.75) is 19.3 Å². The van der Waals surface area contributed by atoms with E-state index in [9.17, 15) is 4.79 Å². The van der Waals surface area contributed by atoms with Crippen LogP contribution in [0.4, 0.5) is 28.8 Å². The van der Waals surface area contributed by atoms with Crippen molar-refractivity contribution in [2.75, 3.05) is 28.2 Å². The number of para-hydroxylation sites is 1. The number of aromatic nitrogens is 3. The number of nitrogens with one attached hydrogen (secondary N) is 1. The summed E-state index contributed by atoms with van der Waals surface area (Å²) in [4.78, 5) is 29.1.